The van der Waals surface area contributed by atoms with Gasteiger partial charge in [-0.15, -0.1) is 0 Å². The Morgan fingerprint density at radius 1 is 0.256 bits per heavy atom. The van der Waals surface area contributed by atoms with E-state index in [2.05, 4.69) is 279 Å². The first kappa shape index (κ1) is 43.7. The van der Waals surface area contributed by atoms with Crippen molar-refractivity contribution >= 4 is 86.7 Å². The van der Waals surface area contributed by atoms with E-state index >= 15 is 0 Å². The van der Waals surface area contributed by atoms with Gasteiger partial charge in [-0.2, -0.15) is 0 Å². The van der Waals surface area contributed by atoms with Crippen molar-refractivity contribution in [3.63, 3.8) is 0 Å². The van der Waals surface area contributed by atoms with E-state index in [1.54, 1.807) is 0 Å². The molecular formula is C76H52N2. The van der Waals surface area contributed by atoms with Crippen molar-refractivity contribution in [3.05, 3.63) is 265 Å². The van der Waals surface area contributed by atoms with E-state index < -0.39 is 0 Å². The van der Waals surface area contributed by atoms with Gasteiger partial charge >= 0.3 is 0 Å². The smallest absolute Gasteiger partial charge is 0.0619 e. The van der Waals surface area contributed by atoms with E-state index in [0.717, 1.165) is 11.4 Å². The van der Waals surface area contributed by atoms with Gasteiger partial charge in [-0.05, 0) is 159 Å². The summed E-state index contributed by atoms with van der Waals surface area (Å²) in [6.07, 6.45) is 0. The number of benzene rings is 13. The molecule has 2 nitrogen and oxygen atoms in total. The van der Waals surface area contributed by atoms with Crippen LogP contribution in [0, 0.1) is 0 Å². The molecule has 0 radical (unpaired) electrons. The normalized spacial score (nSPS) is 14.1. The Balaban J connectivity index is 1.04. The van der Waals surface area contributed by atoms with Crippen molar-refractivity contribution < 1.29 is 0 Å². The summed E-state index contributed by atoms with van der Waals surface area (Å²) in [5, 5.41) is 15.2. The highest BCUT2D eigenvalue weighted by Gasteiger charge is 2.40. The van der Waals surface area contributed by atoms with Crippen LogP contribution in [0.15, 0.2) is 243 Å². The summed E-state index contributed by atoms with van der Waals surface area (Å²) in [5.41, 5.74) is 22.5. The summed E-state index contributed by atoms with van der Waals surface area (Å²) in [6, 6.07) is 91.9. The molecule has 15 aromatic rings. The first-order chi connectivity index (χ1) is 38.3. The first-order valence-corrected chi connectivity index (χ1v) is 27.6. The van der Waals surface area contributed by atoms with Gasteiger partial charge in [0.25, 0.3) is 0 Å². The van der Waals surface area contributed by atoms with E-state index in [1.807, 2.05) is 0 Å². The fourth-order valence-electron chi connectivity index (χ4n) is 15.1. The molecular weight excluding hydrogens is 941 g/mol. The van der Waals surface area contributed by atoms with Gasteiger partial charge in [-0.3, -0.25) is 0 Å². The number of fused-ring (bicyclic) bond motifs is 20. The maximum Gasteiger partial charge on any atom is 0.0619 e. The van der Waals surface area contributed by atoms with Gasteiger partial charge in [0.15, 0.2) is 0 Å². The zero-order chi connectivity index (χ0) is 51.8. The van der Waals surface area contributed by atoms with E-state index in [9.17, 15) is 0 Å². The molecule has 0 aliphatic heterocycles. The maximum absolute atomic E-state index is 2.56. The van der Waals surface area contributed by atoms with Crippen molar-refractivity contribution in [1.29, 1.82) is 0 Å². The van der Waals surface area contributed by atoms with Crippen LogP contribution >= 0.6 is 0 Å². The zero-order valence-electron chi connectivity index (χ0n) is 44.0. The second kappa shape index (κ2) is 15.6. The van der Waals surface area contributed by atoms with Crippen molar-refractivity contribution in [3.8, 4) is 55.9 Å². The minimum Gasteiger partial charge on any atom is -0.309 e. The predicted octanol–water partition coefficient (Wildman–Crippen LogP) is 20.4. The number of aromatic nitrogens is 2. The lowest BCUT2D eigenvalue weighted by atomic mass is 9.76. The molecule has 0 spiro atoms. The van der Waals surface area contributed by atoms with Crippen LogP contribution in [0.2, 0.25) is 0 Å². The quantitative estimate of drug-likeness (QED) is 0.123. The molecule has 17 rings (SSSR count). The minimum absolute atomic E-state index is 0.255. The number of hydrogen-bond donors (Lipinski definition) is 0. The second-order valence-corrected chi connectivity index (χ2v) is 23.1. The van der Waals surface area contributed by atoms with Crippen LogP contribution in [-0.2, 0) is 10.8 Å². The highest BCUT2D eigenvalue weighted by molar-refractivity contribution is 6.27. The topological polar surface area (TPSA) is 9.86 Å². The van der Waals surface area contributed by atoms with Gasteiger partial charge in [-0.25, -0.2) is 0 Å². The molecule has 2 heterocycles. The molecule has 0 saturated heterocycles. The molecule has 0 bridgehead atoms. The van der Waals surface area contributed by atoms with Crippen LogP contribution < -0.4 is 0 Å². The Hall–Kier alpha value is -9.50. The largest absolute Gasteiger partial charge is 0.309 e. The number of rotatable bonds is 4. The number of hydrogen-bond acceptors (Lipinski definition) is 0. The van der Waals surface area contributed by atoms with Crippen molar-refractivity contribution in [2.24, 2.45) is 0 Å². The lowest BCUT2D eigenvalue weighted by Crippen LogP contribution is -2.16. The Morgan fingerprint density at radius 2 is 0.628 bits per heavy atom. The summed E-state index contributed by atoms with van der Waals surface area (Å²) in [7, 11) is 0. The van der Waals surface area contributed by atoms with E-state index in [-0.39, 0.29) is 10.8 Å². The fraction of sp³-hybridized carbons (Fsp3) is 0.0789. The fourth-order valence-corrected chi connectivity index (χ4v) is 15.1. The lowest BCUT2D eigenvalue weighted by molar-refractivity contribution is 0.666. The van der Waals surface area contributed by atoms with E-state index in [4.69, 9.17) is 0 Å². The molecule has 2 aliphatic carbocycles. The first-order valence-electron chi connectivity index (χ1n) is 27.6. The van der Waals surface area contributed by atoms with E-state index in [0.29, 0.717) is 0 Å². The van der Waals surface area contributed by atoms with Gasteiger partial charge in [0, 0.05) is 54.9 Å². The second-order valence-electron chi connectivity index (χ2n) is 23.1. The molecule has 0 atom stereocenters. The molecule has 0 N–H and O–H groups in total. The molecule has 0 amide bonds. The summed E-state index contributed by atoms with van der Waals surface area (Å²) >= 11 is 0. The third-order valence-corrected chi connectivity index (χ3v) is 18.4. The zero-order valence-corrected chi connectivity index (χ0v) is 44.0. The summed E-state index contributed by atoms with van der Waals surface area (Å²) in [5.74, 6) is 0. The highest BCUT2D eigenvalue weighted by atomic mass is 15.0. The molecule has 0 unspecified atom stereocenters. The van der Waals surface area contributed by atoms with Crippen LogP contribution in [0.1, 0.15) is 49.9 Å². The van der Waals surface area contributed by atoms with Gasteiger partial charge < -0.3 is 9.13 Å². The molecule has 2 heteroatoms. The van der Waals surface area contributed by atoms with Crippen molar-refractivity contribution in [2.75, 3.05) is 0 Å². The summed E-state index contributed by atoms with van der Waals surface area (Å²) in [6.45, 7) is 9.77. The lowest BCUT2D eigenvalue weighted by Gasteiger charge is -2.26. The number of para-hydroxylation sites is 6. The molecule has 0 fully saturated rings. The Kier molecular flexibility index (Phi) is 8.72. The van der Waals surface area contributed by atoms with Crippen molar-refractivity contribution in [1.82, 2.24) is 9.13 Å². The van der Waals surface area contributed by atoms with Gasteiger partial charge in [0.05, 0.1) is 22.1 Å². The highest BCUT2D eigenvalue weighted by Crippen LogP contribution is 2.57. The SMILES string of the molecule is CC1(C)c2ccccc2-c2ccc3c(c(-c4cccc5c6ccccc6n(-c6ccccc6)c45)cc4cc5c(cc(-c6cccc7c8ccccc8n(-c8ccccc8)c67)c6c7c(ccc65)-c5ccccc5C7(C)C)cc43)c21. The average Bonchev–Trinajstić information content (AvgIpc) is 4.26. The predicted molar refractivity (Wildman–Crippen MR) is 331 cm³/mol. The van der Waals surface area contributed by atoms with Crippen LogP contribution in [0.4, 0.5) is 0 Å². The van der Waals surface area contributed by atoms with Gasteiger partial charge in [-0.1, -0.05) is 210 Å². The summed E-state index contributed by atoms with van der Waals surface area (Å²) < 4.78 is 5.01. The van der Waals surface area contributed by atoms with E-state index in [1.165, 1.54) is 153 Å². The molecule has 78 heavy (non-hydrogen) atoms. The Morgan fingerprint density at radius 3 is 1.08 bits per heavy atom. The van der Waals surface area contributed by atoms with Gasteiger partial charge in [0.2, 0.25) is 0 Å². The Bertz CT molecular complexity index is 4800. The molecule has 366 valence electrons. The molecule has 2 aliphatic rings. The van der Waals surface area contributed by atoms with Crippen LogP contribution in [0.3, 0.4) is 0 Å². The van der Waals surface area contributed by atoms with Crippen LogP contribution in [0.5, 0.6) is 0 Å². The Labute approximate surface area is 452 Å². The number of nitrogens with zero attached hydrogens (tertiary/aromatic N) is 2. The molecule has 0 saturated carbocycles. The van der Waals surface area contributed by atoms with Crippen molar-refractivity contribution in [2.45, 2.75) is 38.5 Å². The standard InChI is InChI=1S/C76H52N2/c1-75(2)65-33-15-11-25-49(65)55-39-37-53-61-41-46-44-64(60-32-20-30-58-52-28-14-18-36-68(52)78(74(58)60)48-23-9-6-10-24-48)70-54(38-40-56-50-26-12-16-34-66(50)76(3,4)72(56)70)62(46)42-45(61)43-63(69(53)71(55)75)59-31-19-29-57-51-27-13-17-35-67(51)77(73(57)59)47-21-7-5-8-22-47/h5-44H,1-4H3. The van der Waals surface area contributed by atoms with Gasteiger partial charge in [0.1, 0.15) is 0 Å². The minimum atomic E-state index is -0.255. The summed E-state index contributed by atoms with van der Waals surface area (Å²) in [4.78, 5) is 0. The third kappa shape index (κ3) is 5.66. The maximum atomic E-state index is 2.56. The average molecular weight is 993 g/mol. The van der Waals surface area contributed by atoms with Crippen LogP contribution in [0.25, 0.3) is 143 Å². The van der Waals surface area contributed by atoms with Crippen LogP contribution in [-0.4, -0.2) is 9.13 Å². The molecule has 2 aromatic heterocycles. The third-order valence-electron chi connectivity index (χ3n) is 18.4. The monoisotopic (exact) mass is 992 g/mol. The molecule has 13 aromatic carbocycles.